The number of hydrogen-bond donors (Lipinski definition) is 4. The molecule has 1 fully saturated rings. The van der Waals surface area contributed by atoms with Crippen molar-refractivity contribution in [2.45, 2.75) is 6.04 Å². The van der Waals surface area contributed by atoms with Crippen molar-refractivity contribution in [1.29, 1.82) is 0 Å². The van der Waals surface area contributed by atoms with Gasteiger partial charge in [-0.25, -0.2) is 24.3 Å². The summed E-state index contributed by atoms with van der Waals surface area (Å²) >= 11 is 0. The molecule has 0 amide bonds. The lowest BCUT2D eigenvalue weighted by atomic mass is 10.1. The molecule has 7 rings (SSSR count). The summed E-state index contributed by atoms with van der Waals surface area (Å²) in [6.45, 7) is 1.49. The topological polar surface area (TPSA) is 158 Å². The lowest BCUT2D eigenvalue weighted by Crippen LogP contribution is -2.56. The molecule has 5 aromatic heterocycles. The first kappa shape index (κ1) is 21.3. The SMILES string of the molecule is NC1CN(c2cncc(-c3ccc4[nH]nc(-c5nc6nccc(-c7cc(O)cc(F)c7)c6[nH]5)c4n3)n2)C1. The van der Waals surface area contributed by atoms with E-state index in [9.17, 15) is 9.50 Å². The lowest BCUT2D eigenvalue weighted by molar-refractivity contribution is 0.469. The second-order valence-corrected chi connectivity index (χ2v) is 8.93. The van der Waals surface area contributed by atoms with Crippen molar-refractivity contribution in [1.82, 2.24) is 40.1 Å². The van der Waals surface area contributed by atoms with Gasteiger partial charge < -0.3 is 20.7 Å². The number of aromatic hydroxyl groups is 1. The van der Waals surface area contributed by atoms with Crippen molar-refractivity contribution >= 4 is 28.0 Å². The predicted molar refractivity (Wildman–Crippen MR) is 135 cm³/mol. The van der Waals surface area contributed by atoms with Crippen molar-refractivity contribution in [3.05, 3.63) is 60.8 Å². The van der Waals surface area contributed by atoms with E-state index < -0.39 is 5.82 Å². The molecule has 12 heteroatoms. The quantitative estimate of drug-likeness (QED) is 0.289. The Kier molecular flexibility index (Phi) is 4.63. The van der Waals surface area contributed by atoms with Gasteiger partial charge in [0.05, 0.1) is 29.1 Å². The van der Waals surface area contributed by atoms with Crippen LogP contribution >= 0.6 is 0 Å². The second kappa shape index (κ2) is 8.03. The zero-order valence-electron chi connectivity index (χ0n) is 19.2. The number of pyridine rings is 2. The van der Waals surface area contributed by atoms with Gasteiger partial charge in [0.2, 0.25) is 0 Å². The molecule has 0 bridgehead atoms. The van der Waals surface area contributed by atoms with E-state index in [1.54, 1.807) is 24.7 Å². The monoisotopic (exact) mass is 494 g/mol. The Labute approximate surface area is 208 Å². The van der Waals surface area contributed by atoms with Crippen molar-refractivity contribution in [2.75, 3.05) is 18.0 Å². The highest BCUT2D eigenvalue weighted by Gasteiger charge is 2.25. The third-order valence-corrected chi connectivity index (χ3v) is 6.34. The van der Waals surface area contributed by atoms with Crippen LogP contribution in [0.2, 0.25) is 0 Å². The number of benzene rings is 1. The highest BCUT2D eigenvalue weighted by atomic mass is 19.1. The summed E-state index contributed by atoms with van der Waals surface area (Å²) in [6, 6.07) is 9.50. The smallest absolute Gasteiger partial charge is 0.178 e. The van der Waals surface area contributed by atoms with E-state index >= 15 is 0 Å². The van der Waals surface area contributed by atoms with Crippen LogP contribution < -0.4 is 10.6 Å². The van der Waals surface area contributed by atoms with E-state index in [4.69, 9.17) is 15.7 Å². The van der Waals surface area contributed by atoms with E-state index in [2.05, 4.69) is 35.0 Å². The van der Waals surface area contributed by atoms with Gasteiger partial charge in [-0.2, -0.15) is 5.10 Å². The number of hydrogen-bond acceptors (Lipinski definition) is 9. The summed E-state index contributed by atoms with van der Waals surface area (Å²) in [4.78, 5) is 28.1. The van der Waals surface area contributed by atoms with E-state index in [0.29, 0.717) is 50.7 Å². The fourth-order valence-corrected chi connectivity index (χ4v) is 4.53. The zero-order chi connectivity index (χ0) is 25.1. The Bertz CT molecular complexity index is 1790. The van der Waals surface area contributed by atoms with Crippen molar-refractivity contribution in [3.63, 3.8) is 0 Å². The standard InChI is InChI=1S/C25H19FN10O/c26-13-5-12(6-15(37)7-13)16-3-4-29-24-21(16)32-25(33-24)23-22-18(34-35-23)2-1-17(31-22)19-8-28-9-20(30-19)36-10-14(27)11-36/h1-9,14,37H,10-11,27H2,(H,34,35)(H,29,32,33). The highest BCUT2D eigenvalue weighted by molar-refractivity contribution is 5.95. The number of phenolic OH excluding ortho intramolecular Hbond substituents is 1. The number of imidazole rings is 1. The number of phenols is 1. The van der Waals surface area contributed by atoms with Crippen molar-refractivity contribution in [2.24, 2.45) is 5.73 Å². The Hall–Kier alpha value is -4.97. The highest BCUT2D eigenvalue weighted by Crippen LogP contribution is 2.32. The van der Waals surface area contributed by atoms with Gasteiger partial charge in [-0.05, 0) is 35.9 Å². The van der Waals surface area contributed by atoms with Crippen molar-refractivity contribution < 1.29 is 9.50 Å². The van der Waals surface area contributed by atoms with E-state index in [0.717, 1.165) is 30.5 Å². The first-order valence-corrected chi connectivity index (χ1v) is 11.5. The minimum Gasteiger partial charge on any atom is -0.508 e. The molecule has 0 saturated carbocycles. The summed E-state index contributed by atoms with van der Waals surface area (Å²) in [5.41, 5.74) is 11.1. The molecule has 37 heavy (non-hydrogen) atoms. The average Bonchev–Trinajstić information content (AvgIpc) is 3.49. The molecule has 0 aliphatic carbocycles. The number of aromatic amines is 2. The molecular weight excluding hydrogens is 475 g/mol. The van der Waals surface area contributed by atoms with Crippen LogP contribution in [0.15, 0.2) is 55.0 Å². The summed E-state index contributed by atoms with van der Waals surface area (Å²) < 4.78 is 14.0. The van der Waals surface area contributed by atoms with E-state index in [-0.39, 0.29) is 11.8 Å². The van der Waals surface area contributed by atoms with E-state index in [1.807, 2.05) is 12.1 Å². The molecule has 0 atom stereocenters. The molecule has 0 unspecified atom stereocenters. The van der Waals surface area contributed by atoms with Gasteiger partial charge >= 0.3 is 0 Å². The first-order chi connectivity index (χ1) is 18.0. The fraction of sp³-hybridized carbons (Fsp3) is 0.120. The number of anilines is 1. The lowest BCUT2D eigenvalue weighted by Gasteiger charge is -2.37. The largest absolute Gasteiger partial charge is 0.508 e. The van der Waals surface area contributed by atoms with Crippen LogP contribution in [0.5, 0.6) is 5.75 Å². The van der Waals surface area contributed by atoms with Gasteiger partial charge in [0.25, 0.3) is 0 Å². The number of fused-ring (bicyclic) bond motifs is 2. The molecule has 182 valence electrons. The molecule has 0 radical (unpaired) electrons. The van der Waals surface area contributed by atoms with Crippen molar-refractivity contribution in [3.8, 4) is 39.8 Å². The van der Waals surface area contributed by atoms with Gasteiger partial charge in [0.15, 0.2) is 17.2 Å². The minimum atomic E-state index is -0.543. The van der Waals surface area contributed by atoms with Crippen LogP contribution in [0, 0.1) is 5.82 Å². The number of nitrogens with zero attached hydrogens (tertiary/aromatic N) is 7. The average molecular weight is 494 g/mol. The number of H-pyrrole nitrogens is 2. The van der Waals surface area contributed by atoms with Gasteiger partial charge in [0, 0.05) is 37.0 Å². The number of nitrogens with one attached hydrogen (secondary N) is 2. The molecule has 1 saturated heterocycles. The maximum Gasteiger partial charge on any atom is 0.178 e. The van der Waals surface area contributed by atoms with Gasteiger partial charge in [0.1, 0.15) is 28.6 Å². The minimum absolute atomic E-state index is 0.152. The van der Waals surface area contributed by atoms with Crippen LogP contribution in [-0.2, 0) is 0 Å². The summed E-state index contributed by atoms with van der Waals surface area (Å²) in [7, 11) is 0. The summed E-state index contributed by atoms with van der Waals surface area (Å²) in [5.74, 6) is 0.492. The zero-order valence-corrected chi connectivity index (χ0v) is 19.2. The van der Waals surface area contributed by atoms with E-state index in [1.165, 1.54) is 12.1 Å². The predicted octanol–water partition coefficient (Wildman–Crippen LogP) is 3.01. The third kappa shape index (κ3) is 3.62. The maximum atomic E-state index is 14.0. The second-order valence-electron chi connectivity index (χ2n) is 8.93. The number of rotatable bonds is 4. The Morgan fingerprint density at radius 3 is 2.76 bits per heavy atom. The number of nitrogens with two attached hydrogens (primary N) is 1. The molecule has 1 aromatic carbocycles. The number of halogens is 1. The molecule has 1 aliphatic rings. The van der Waals surface area contributed by atoms with Gasteiger partial charge in [-0.3, -0.25) is 10.1 Å². The molecule has 1 aliphatic heterocycles. The summed E-state index contributed by atoms with van der Waals surface area (Å²) in [5, 5.41) is 17.3. The van der Waals surface area contributed by atoms with Gasteiger partial charge in [-0.15, -0.1) is 0 Å². The van der Waals surface area contributed by atoms with Crippen LogP contribution in [-0.4, -0.2) is 64.3 Å². The Morgan fingerprint density at radius 1 is 1.03 bits per heavy atom. The van der Waals surface area contributed by atoms with Crippen LogP contribution in [0.1, 0.15) is 0 Å². The third-order valence-electron chi connectivity index (χ3n) is 6.34. The van der Waals surface area contributed by atoms with Gasteiger partial charge in [-0.1, -0.05) is 0 Å². The molecule has 6 heterocycles. The molecule has 11 nitrogen and oxygen atoms in total. The van der Waals surface area contributed by atoms with Crippen LogP contribution in [0.3, 0.4) is 0 Å². The molecule has 6 aromatic rings. The number of aromatic nitrogens is 8. The van der Waals surface area contributed by atoms with Crippen LogP contribution in [0.4, 0.5) is 10.2 Å². The first-order valence-electron chi connectivity index (χ1n) is 11.5. The van der Waals surface area contributed by atoms with Crippen LogP contribution in [0.25, 0.3) is 56.2 Å². The normalized spacial score (nSPS) is 13.9. The Balaban J connectivity index is 1.31. The molecule has 0 spiro atoms. The molecular formula is C25H19FN10O. The fourth-order valence-electron chi connectivity index (χ4n) is 4.53. The molecule has 5 N–H and O–H groups in total. The summed E-state index contributed by atoms with van der Waals surface area (Å²) in [6.07, 6.45) is 4.97. The Morgan fingerprint density at radius 2 is 1.92 bits per heavy atom. The maximum absolute atomic E-state index is 14.0.